The molecule has 0 radical (unpaired) electrons. The first-order chi connectivity index (χ1) is 7.15. The molecule has 0 saturated carbocycles. The number of ether oxygens (including phenoxy) is 1. The van der Waals surface area contributed by atoms with Crippen LogP contribution < -0.4 is 15.8 Å². The molecule has 0 saturated heterocycles. The SMILES string of the molecule is CCOc1ncnc(NCC(F)F)c1N. The van der Waals surface area contributed by atoms with E-state index in [2.05, 4.69) is 15.3 Å². The maximum absolute atomic E-state index is 11.9. The summed E-state index contributed by atoms with van der Waals surface area (Å²) in [6.45, 7) is 1.66. The number of aromatic nitrogens is 2. The number of nitrogens with zero attached hydrogens (tertiary/aromatic N) is 2. The Bertz CT molecular complexity index is 322. The van der Waals surface area contributed by atoms with Crippen molar-refractivity contribution in [2.45, 2.75) is 13.3 Å². The van der Waals surface area contributed by atoms with Crippen molar-refractivity contribution in [1.82, 2.24) is 9.97 Å². The molecule has 7 heteroatoms. The van der Waals surface area contributed by atoms with Gasteiger partial charge in [0.25, 0.3) is 6.43 Å². The van der Waals surface area contributed by atoms with E-state index in [4.69, 9.17) is 10.5 Å². The lowest BCUT2D eigenvalue weighted by atomic mass is 10.4. The van der Waals surface area contributed by atoms with Gasteiger partial charge in [-0.05, 0) is 6.92 Å². The van der Waals surface area contributed by atoms with Crippen molar-refractivity contribution in [3.63, 3.8) is 0 Å². The normalized spacial score (nSPS) is 10.4. The van der Waals surface area contributed by atoms with Gasteiger partial charge < -0.3 is 15.8 Å². The van der Waals surface area contributed by atoms with E-state index >= 15 is 0 Å². The Morgan fingerprint density at radius 1 is 1.53 bits per heavy atom. The van der Waals surface area contributed by atoms with Crippen molar-refractivity contribution in [2.24, 2.45) is 0 Å². The van der Waals surface area contributed by atoms with Gasteiger partial charge in [-0.1, -0.05) is 0 Å². The molecule has 0 atom stereocenters. The number of halogens is 2. The van der Waals surface area contributed by atoms with Gasteiger partial charge in [0.05, 0.1) is 13.2 Å². The molecule has 0 aliphatic rings. The summed E-state index contributed by atoms with van der Waals surface area (Å²) in [6.07, 6.45) is -1.26. The minimum Gasteiger partial charge on any atom is -0.476 e. The van der Waals surface area contributed by atoms with Gasteiger partial charge in [-0.25, -0.2) is 13.8 Å². The number of nitrogens with two attached hydrogens (primary N) is 1. The van der Waals surface area contributed by atoms with E-state index in [9.17, 15) is 8.78 Å². The van der Waals surface area contributed by atoms with Gasteiger partial charge in [0.1, 0.15) is 12.0 Å². The van der Waals surface area contributed by atoms with E-state index in [0.717, 1.165) is 0 Å². The lowest BCUT2D eigenvalue weighted by molar-refractivity contribution is 0.163. The van der Waals surface area contributed by atoms with Crippen LogP contribution in [0.4, 0.5) is 20.3 Å². The van der Waals surface area contributed by atoms with E-state index < -0.39 is 13.0 Å². The Hall–Kier alpha value is -1.66. The van der Waals surface area contributed by atoms with Crippen LogP contribution in [0.5, 0.6) is 5.88 Å². The number of hydrogen-bond acceptors (Lipinski definition) is 5. The van der Waals surface area contributed by atoms with E-state index in [1.165, 1.54) is 6.33 Å². The summed E-state index contributed by atoms with van der Waals surface area (Å²) in [5.74, 6) is 0.359. The minimum atomic E-state index is -2.46. The average Bonchev–Trinajstić information content (AvgIpc) is 2.19. The quantitative estimate of drug-likeness (QED) is 0.775. The minimum absolute atomic E-state index is 0.139. The first-order valence-electron chi connectivity index (χ1n) is 4.40. The molecule has 1 aromatic rings. The molecule has 1 aromatic heterocycles. The monoisotopic (exact) mass is 218 g/mol. The highest BCUT2D eigenvalue weighted by molar-refractivity contribution is 5.66. The number of nitrogens with one attached hydrogen (secondary N) is 1. The summed E-state index contributed by atoms with van der Waals surface area (Å²) >= 11 is 0. The molecule has 1 heterocycles. The van der Waals surface area contributed by atoms with Crippen LogP contribution in [0.25, 0.3) is 0 Å². The molecule has 0 spiro atoms. The van der Waals surface area contributed by atoms with Crippen molar-refractivity contribution in [2.75, 3.05) is 24.2 Å². The predicted molar refractivity (Wildman–Crippen MR) is 52.1 cm³/mol. The second-order valence-corrected chi connectivity index (χ2v) is 2.65. The van der Waals surface area contributed by atoms with Crippen LogP contribution in [-0.2, 0) is 0 Å². The van der Waals surface area contributed by atoms with Crippen molar-refractivity contribution in [3.05, 3.63) is 6.33 Å². The van der Waals surface area contributed by atoms with Crippen LogP contribution >= 0.6 is 0 Å². The van der Waals surface area contributed by atoms with Crippen molar-refractivity contribution >= 4 is 11.5 Å². The molecule has 0 bridgehead atoms. The van der Waals surface area contributed by atoms with Crippen LogP contribution in [0, 0.1) is 0 Å². The largest absolute Gasteiger partial charge is 0.476 e. The van der Waals surface area contributed by atoms with Gasteiger partial charge >= 0.3 is 0 Å². The Labute approximate surface area is 85.7 Å². The maximum Gasteiger partial charge on any atom is 0.255 e. The van der Waals surface area contributed by atoms with Crippen LogP contribution in [0.3, 0.4) is 0 Å². The van der Waals surface area contributed by atoms with Crippen LogP contribution in [-0.4, -0.2) is 29.5 Å². The van der Waals surface area contributed by atoms with Crippen molar-refractivity contribution in [1.29, 1.82) is 0 Å². The predicted octanol–water partition coefficient (Wildman–Crippen LogP) is 1.13. The van der Waals surface area contributed by atoms with Crippen LogP contribution in [0.1, 0.15) is 6.92 Å². The second-order valence-electron chi connectivity index (χ2n) is 2.65. The number of nitrogen functional groups attached to an aromatic ring is 1. The summed E-state index contributed by atoms with van der Waals surface area (Å²) in [7, 11) is 0. The summed E-state index contributed by atoms with van der Waals surface area (Å²) in [5.41, 5.74) is 5.74. The Morgan fingerprint density at radius 2 is 2.27 bits per heavy atom. The fourth-order valence-corrected chi connectivity index (χ4v) is 0.946. The summed E-state index contributed by atoms with van der Waals surface area (Å²) in [5, 5.41) is 2.41. The first kappa shape index (κ1) is 11.4. The Balaban J connectivity index is 2.75. The lowest BCUT2D eigenvalue weighted by Gasteiger charge is -2.10. The van der Waals surface area contributed by atoms with Gasteiger partial charge in [0.15, 0.2) is 5.82 Å². The molecule has 1 rings (SSSR count). The molecule has 15 heavy (non-hydrogen) atoms. The van der Waals surface area contributed by atoms with Gasteiger partial charge in [-0.15, -0.1) is 0 Å². The molecule has 0 amide bonds. The van der Waals surface area contributed by atoms with Crippen molar-refractivity contribution < 1.29 is 13.5 Å². The second kappa shape index (κ2) is 5.28. The summed E-state index contributed by atoms with van der Waals surface area (Å²) < 4.78 is 28.9. The summed E-state index contributed by atoms with van der Waals surface area (Å²) in [4.78, 5) is 7.50. The summed E-state index contributed by atoms with van der Waals surface area (Å²) in [6, 6.07) is 0. The smallest absolute Gasteiger partial charge is 0.255 e. The highest BCUT2D eigenvalue weighted by Crippen LogP contribution is 2.24. The third kappa shape index (κ3) is 3.19. The fourth-order valence-electron chi connectivity index (χ4n) is 0.946. The van der Waals surface area contributed by atoms with E-state index in [1.807, 2.05) is 0 Å². The molecule has 84 valence electrons. The van der Waals surface area contributed by atoms with Crippen molar-refractivity contribution in [3.8, 4) is 5.88 Å². The molecule has 3 N–H and O–H groups in total. The van der Waals surface area contributed by atoms with Crippen LogP contribution in [0.2, 0.25) is 0 Å². The molecule has 0 aliphatic carbocycles. The maximum atomic E-state index is 11.9. The molecule has 0 fully saturated rings. The highest BCUT2D eigenvalue weighted by atomic mass is 19.3. The Morgan fingerprint density at radius 3 is 2.87 bits per heavy atom. The average molecular weight is 218 g/mol. The Kier molecular flexibility index (Phi) is 4.02. The zero-order valence-electron chi connectivity index (χ0n) is 8.20. The highest BCUT2D eigenvalue weighted by Gasteiger charge is 2.10. The number of anilines is 2. The third-order valence-electron chi connectivity index (χ3n) is 1.55. The van der Waals surface area contributed by atoms with E-state index in [0.29, 0.717) is 6.61 Å². The number of rotatable bonds is 5. The van der Waals surface area contributed by atoms with E-state index in [1.54, 1.807) is 6.92 Å². The lowest BCUT2D eigenvalue weighted by Crippen LogP contribution is -2.13. The topological polar surface area (TPSA) is 73.1 Å². The molecule has 0 unspecified atom stereocenters. The van der Waals surface area contributed by atoms with Gasteiger partial charge in [0, 0.05) is 0 Å². The standard InChI is InChI=1S/C8H12F2N4O/c1-2-15-8-6(11)7(13-4-14-8)12-3-5(9)10/h4-5H,2-3,11H2,1H3,(H,12,13,14). The zero-order chi connectivity index (χ0) is 11.3. The molecular formula is C8H12F2N4O. The van der Waals surface area contributed by atoms with Gasteiger partial charge in [0.2, 0.25) is 5.88 Å². The zero-order valence-corrected chi connectivity index (χ0v) is 8.20. The third-order valence-corrected chi connectivity index (χ3v) is 1.55. The van der Waals surface area contributed by atoms with E-state index in [-0.39, 0.29) is 17.4 Å². The molecule has 0 aromatic carbocycles. The molecule has 5 nitrogen and oxygen atoms in total. The van der Waals surface area contributed by atoms with Gasteiger partial charge in [-0.3, -0.25) is 0 Å². The fraction of sp³-hybridized carbons (Fsp3) is 0.500. The van der Waals surface area contributed by atoms with Gasteiger partial charge in [-0.2, -0.15) is 4.98 Å². The number of hydrogen-bond donors (Lipinski definition) is 2. The van der Waals surface area contributed by atoms with Crippen LogP contribution in [0.15, 0.2) is 6.33 Å². The molecule has 0 aliphatic heterocycles. The number of alkyl halides is 2. The first-order valence-corrected chi connectivity index (χ1v) is 4.40. The molecular weight excluding hydrogens is 206 g/mol.